The topological polar surface area (TPSA) is 66.5 Å². The Morgan fingerprint density at radius 2 is 2.05 bits per heavy atom. The van der Waals surface area contributed by atoms with E-state index in [0.717, 1.165) is 10.5 Å². The summed E-state index contributed by atoms with van der Waals surface area (Å²) in [6.45, 7) is 1.92. The van der Waals surface area contributed by atoms with Crippen LogP contribution in [0.4, 0.5) is 4.79 Å². The quantitative estimate of drug-likeness (QED) is 0.855. The maximum atomic E-state index is 12.1. The van der Waals surface area contributed by atoms with E-state index in [1.54, 1.807) is 31.2 Å². The molecule has 1 atom stereocenters. The van der Waals surface area contributed by atoms with Crippen LogP contribution in [0.25, 0.3) is 0 Å². The molecule has 1 heterocycles. The number of rotatable bonds is 3. The average molecular weight is 281 g/mol. The fourth-order valence-electron chi connectivity index (χ4n) is 2.04. The Morgan fingerprint density at radius 3 is 2.68 bits per heavy atom. The number of halogens is 1. The van der Waals surface area contributed by atoms with Crippen LogP contribution in [0.3, 0.4) is 0 Å². The van der Waals surface area contributed by atoms with Crippen LogP contribution in [0.2, 0.25) is 5.02 Å². The summed E-state index contributed by atoms with van der Waals surface area (Å²) in [5.41, 5.74) is 0.784. The molecule has 1 aliphatic rings. The Morgan fingerprint density at radius 1 is 1.32 bits per heavy atom. The van der Waals surface area contributed by atoms with Gasteiger partial charge in [-0.3, -0.25) is 19.8 Å². The molecule has 0 spiro atoms. The minimum absolute atomic E-state index is 0.231. The minimum Gasteiger partial charge on any atom is -0.277 e. The zero-order valence-electron chi connectivity index (χ0n) is 10.4. The van der Waals surface area contributed by atoms with Gasteiger partial charge in [-0.05, 0) is 31.0 Å². The molecule has 5 nitrogen and oxygen atoms in total. The van der Waals surface area contributed by atoms with Gasteiger partial charge in [-0.25, -0.2) is 4.79 Å². The highest BCUT2D eigenvalue weighted by Gasteiger charge is 2.39. The van der Waals surface area contributed by atoms with Crippen LogP contribution in [0.5, 0.6) is 0 Å². The Balaban J connectivity index is 2.21. The highest BCUT2D eigenvalue weighted by molar-refractivity contribution is 6.30. The van der Waals surface area contributed by atoms with Crippen molar-refractivity contribution in [3.8, 4) is 0 Å². The summed E-state index contributed by atoms with van der Waals surface area (Å²) >= 11 is 5.86. The summed E-state index contributed by atoms with van der Waals surface area (Å²) in [6, 6.07) is 6.31. The van der Waals surface area contributed by atoms with Crippen molar-refractivity contribution in [2.24, 2.45) is 5.92 Å². The molecule has 1 fully saturated rings. The van der Waals surface area contributed by atoms with Crippen LogP contribution < -0.4 is 5.32 Å². The molecule has 1 N–H and O–H groups in total. The third kappa shape index (κ3) is 2.76. The van der Waals surface area contributed by atoms with Crippen LogP contribution in [-0.2, 0) is 16.0 Å². The second-order valence-corrected chi connectivity index (χ2v) is 4.70. The van der Waals surface area contributed by atoms with Gasteiger partial charge in [0, 0.05) is 11.6 Å². The molecule has 0 aromatic heterocycles. The molecule has 1 aromatic carbocycles. The zero-order valence-corrected chi connectivity index (χ0v) is 11.1. The normalized spacial score (nSPS) is 19.6. The van der Waals surface area contributed by atoms with Crippen molar-refractivity contribution < 1.29 is 14.4 Å². The van der Waals surface area contributed by atoms with Crippen molar-refractivity contribution in [1.82, 2.24) is 10.2 Å². The summed E-state index contributed by atoms with van der Waals surface area (Å²) in [5.74, 6) is -1.90. The van der Waals surface area contributed by atoms with Crippen molar-refractivity contribution in [1.29, 1.82) is 0 Å². The predicted molar refractivity (Wildman–Crippen MR) is 69.6 cm³/mol. The van der Waals surface area contributed by atoms with Gasteiger partial charge in [-0.15, -0.1) is 0 Å². The van der Waals surface area contributed by atoms with Gasteiger partial charge < -0.3 is 0 Å². The fraction of sp³-hybridized carbons (Fsp3) is 0.308. The average Bonchev–Trinajstić information content (AvgIpc) is 2.35. The van der Waals surface area contributed by atoms with Gasteiger partial charge in [0.1, 0.15) is 5.92 Å². The number of hydrogen-bond donors (Lipinski definition) is 1. The lowest BCUT2D eigenvalue weighted by Crippen LogP contribution is -2.58. The fourth-order valence-corrected chi connectivity index (χ4v) is 2.25. The van der Waals surface area contributed by atoms with E-state index in [-0.39, 0.29) is 13.0 Å². The second-order valence-electron chi connectivity index (χ2n) is 4.26. The highest BCUT2D eigenvalue weighted by atomic mass is 35.5. The lowest BCUT2D eigenvalue weighted by molar-refractivity contribution is -0.142. The first-order valence-corrected chi connectivity index (χ1v) is 6.31. The number of nitrogens with one attached hydrogen (secondary N) is 1. The van der Waals surface area contributed by atoms with E-state index in [0.29, 0.717) is 5.02 Å². The van der Waals surface area contributed by atoms with Gasteiger partial charge in [0.05, 0.1) is 0 Å². The lowest BCUT2D eigenvalue weighted by Gasteiger charge is -2.29. The lowest BCUT2D eigenvalue weighted by atomic mass is 9.95. The smallest absolute Gasteiger partial charge is 0.277 e. The Bertz CT molecular complexity index is 544. The van der Waals surface area contributed by atoms with E-state index in [2.05, 4.69) is 5.32 Å². The monoisotopic (exact) mass is 280 g/mol. The van der Waals surface area contributed by atoms with E-state index >= 15 is 0 Å². The molecule has 1 aromatic rings. The van der Waals surface area contributed by atoms with E-state index in [9.17, 15) is 14.4 Å². The Hall–Kier alpha value is -1.88. The third-order valence-corrected chi connectivity index (χ3v) is 3.24. The van der Waals surface area contributed by atoms with Crippen LogP contribution in [0.1, 0.15) is 12.5 Å². The molecule has 6 heteroatoms. The van der Waals surface area contributed by atoms with Gasteiger partial charge in [0.15, 0.2) is 0 Å². The first-order valence-electron chi connectivity index (χ1n) is 5.93. The number of amides is 4. The summed E-state index contributed by atoms with van der Waals surface area (Å²) in [4.78, 5) is 36.3. The van der Waals surface area contributed by atoms with Crippen molar-refractivity contribution in [2.75, 3.05) is 6.54 Å². The molecule has 2 rings (SSSR count). The number of carbonyl (C=O) groups excluding carboxylic acids is 3. The molecule has 1 unspecified atom stereocenters. The Kier molecular flexibility index (Phi) is 3.85. The molecule has 1 saturated heterocycles. The number of nitrogens with zero attached hydrogens (tertiary/aromatic N) is 1. The maximum absolute atomic E-state index is 12.1. The van der Waals surface area contributed by atoms with Crippen LogP contribution in [-0.4, -0.2) is 29.3 Å². The molecule has 19 heavy (non-hydrogen) atoms. The molecule has 0 aliphatic carbocycles. The summed E-state index contributed by atoms with van der Waals surface area (Å²) in [5, 5.41) is 2.74. The summed E-state index contributed by atoms with van der Waals surface area (Å²) < 4.78 is 0. The van der Waals surface area contributed by atoms with Crippen molar-refractivity contribution in [3.63, 3.8) is 0 Å². The molecule has 100 valence electrons. The Labute approximate surface area is 115 Å². The summed E-state index contributed by atoms with van der Waals surface area (Å²) in [6.07, 6.45) is 0.231. The molecule has 0 bridgehead atoms. The van der Waals surface area contributed by atoms with E-state index in [1.165, 1.54) is 0 Å². The number of urea groups is 1. The second kappa shape index (κ2) is 5.40. The largest absolute Gasteiger partial charge is 0.330 e. The van der Waals surface area contributed by atoms with Gasteiger partial charge in [-0.1, -0.05) is 23.7 Å². The van der Waals surface area contributed by atoms with E-state index in [1.807, 2.05) is 0 Å². The maximum Gasteiger partial charge on any atom is 0.330 e. The molecule has 4 amide bonds. The number of imide groups is 2. The first-order chi connectivity index (χ1) is 9.02. The van der Waals surface area contributed by atoms with Crippen molar-refractivity contribution in [2.45, 2.75) is 13.3 Å². The number of barbiturate groups is 1. The van der Waals surface area contributed by atoms with Crippen molar-refractivity contribution in [3.05, 3.63) is 34.9 Å². The molecule has 1 aliphatic heterocycles. The predicted octanol–water partition coefficient (Wildman–Crippen LogP) is 1.60. The minimum atomic E-state index is -0.879. The summed E-state index contributed by atoms with van der Waals surface area (Å²) in [7, 11) is 0. The SMILES string of the molecule is CCN1C(=O)NC(=O)C(Cc2cccc(Cl)c2)C1=O. The number of carbonyl (C=O) groups is 3. The first kappa shape index (κ1) is 13.5. The van der Waals surface area contributed by atoms with E-state index in [4.69, 9.17) is 11.6 Å². The molecular formula is C13H13ClN2O3. The highest BCUT2D eigenvalue weighted by Crippen LogP contribution is 2.18. The molecule has 0 radical (unpaired) electrons. The van der Waals surface area contributed by atoms with E-state index < -0.39 is 23.8 Å². The van der Waals surface area contributed by atoms with Crippen LogP contribution in [0, 0.1) is 5.92 Å². The molecular weight excluding hydrogens is 268 g/mol. The number of hydrogen-bond acceptors (Lipinski definition) is 3. The van der Waals surface area contributed by atoms with Crippen LogP contribution in [0.15, 0.2) is 24.3 Å². The van der Waals surface area contributed by atoms with Gasteiger partial charge in [0.2, 0.25) is 11.8 Å². The standard InChI is InChI=1S/C13H13ClN2O3/c1-2-16-12(18)10(11(17)15-13(16)19)7-8-4-3-5-9(14)6-8/h3-6,10H,2,7H2,1H3,(H,15,17,19). The van der Waals surface area contributed by atoms with Gasteiger partial charge in [0.25, 0.3) is 0 Å². The van der Waals surface area contributed by atoms with Gasteiger partial charge in [-0.2, -0.15) is 0 Å². The number of benzene rings is 1. The van der Waals surface area contributed by atoms with Crippen molar-refractivity contribution >= 4 is 29.4 Å². The zero-order chi connectivity index (χ0) is 14.0. The molecule has 0 saturated carbocycles. The third-order valence-electron chi connectivity index (χ3n) is 3.00. The van der Waals surface area contributed by atoms with Crippen LogP contribution >= 0.6 is 11.6 Å². The van der Waals surface area contributed by atoms with Gasteiger partial charge >= 0.3 is 6.03 Å².